The van der Waals surface area contributed by atoms with E-state index < -0.39 is 21.2 Å². The first-order chi connectivity index (χ1) is 17.0. The summed E-state index contributed by atoms with van der Waals surface area (Å²) in [4.78, 5) is 18.7. The van der Waals surface area contributed by atoms with Crippen molar-refractivity contribution >= 4 is 39.1 Å². The number of esters is 1. The Morgan fingerprint density at radius 3 is 2.42 bits per heavy atom. The summed E-state index contributed by atoms with van der Waals surface area (Å²) in [6.07, 6.45) is 0. The number of hydrogen-bond acceptors (Lipinski definition) is 7. The molecule has 0 amide bonds. The van der Waals surface area contributed by atoms with E-state index in [2.05, 4.69) is 47.8 Å². The van der Waals surface area contributed by atoms with Crippen molar-refractivity contribution in [1.29, 1.82) is 0 Å². The number of ether oxygens (including phenoxy) is 1. The number of fused-ring (bicyclic) bond motifs is 1. The number of H-pyrrole nitrogens is 1. The van der Waals surface area contributed by atoms with Crippen LogP contribution in [0.25, 0.3) is 17.0 Å². The van der Waals surface area contributed by atoms with Crippen LogP contribution in [0.2, 0.25) is 0 Å². The maximum absolute atomic E-state index is 12.5. The lowest BCUT2D eigenvalue weighted by molar-refractivity contribution is -0.142. The van der Waals surface area contributed by atoms with Gasteiger partial charge in [-0.1, -0.05) is 50.7 Å². The van der Waals surface area contributed by atoms with Gasteiger partial charge in [0.05, 0.1) is 17.2 Å². The molecule has 2 aromatic heterocycles. The summed E-state index contributed by atoms with van der Waals surface area (Å²) >= 11 is 1.63. The molecule has 2 heterocycles. The number of nitrogens with zero attached hydrogens (tertiary/aromatic N) is 3. The van der Waals surface area contributed by atoms with Gasteiger partial charge in [0.25, 0.3) is 0 Å². The number of carbonyl (C=O) groups excluding carboxylic acids is 1. The fraction of sp³-hybridized carbons (Fsp3) is 0.320. The Labute approximate surface area is 214 Å². The highest BCUT2D eigenvalue weighted by atomic mass is 32.2. The first kappa shape index (κ1) is 25.8. The summed E-state index contributed by atoms with van der Waals surface area (Å²) in [6.45, 7) is 9.44. The molecule has 4 rings (SSSR count). The number of carbonyl (C=O) groups is 1. The number of aromatic amines is 1. The number of hydrogen-bond donors (Lipinski definition) is 2. The van der Waals surface area contributed by atoms with Crippen LogP contribution in [-0.2, 0) is 25.0 Å². The van der Waals surface area contributed by atoms with E-state index >= 15 is 0 Å². The minimum absolute atomic E-state index is 0.113. The molecule has 0 bridgehead atoms. The standard InChI is InChI=1S/C25H29N5O4S2/c1-6-34-24(31)16(2)36(32,33)29-18-14-12-17(13-15-18)22-26-23-20(35-19-10-8-7-9-11-19)21(25(3,4)5)27-30(23)28-22/h7-16,27,29H,6H2,1-5H3. The molecular formula is C25H29N5O4S2. The number of nitrogens with one attached hydrogen (secondary N) is 2. The maximum atomic E-state index is 12.5. The zero-order valence-corrected chi connectivity index (χ0v) is 22.4. The Balaban J connectivity index is 1.61. The second-order valence-electron chi connectivity index (χ2n) is 9.27. The van der Waals surface area contributed by atoms with Gasteiger partial charge in [-0.2, -0.15) is 4.63 Å². The monoisotopic (exact) mass is 527 g/mol. The number of sulfonamides is 1. The van der Waals surface area contributed by atoms with E-state index in [0.29, 0.717) is 11.5 Å². The van der Waals surface area contributed by atoms with Crippen LogP contribution in [0, 0.1) is 0 Å². The van der Waals surface area contributed by atoms with Crippen molar-refractivity contribution in [3.05, 3.63) is 60.3 Å². The molecule has 0 aliphatic carbocycles. The Morgan fingerprint density at radius 1 is 1.14 bits per heavy atom. The smallest absolute Gasteiger partial charge is 0.325 e. The number of aromatic nitrogens is 4. The van der Waals surface area contributed by atoms with Crippen molar-refractivity contribution < 1.29 is 17.9 Å². The normalized spacial score (nSPS) is 13.0. The van der Waals surface area contributed by atoms with E-state index in [1.807, 2.05) is 18.2 Å². The van der Waals surface area contributed by atoms with Crippen LogP contribution in [0.3, 0.4) is 0 Å². The van der Waals surface area contributed by atoms with E-state index in [4.69, 9.17) is 9.72 Å². The minimum Gasteiger partial charge on any atom is -0.465 e. The van der Waals surface area contributed by atoms with Gasteiger partial charge in [0.2, 0.25) is 10.0 Å². The molecular weight excluding hydrogens is 498 g/mol. The highest BCUT2D eigenvalue weighted by Crippen LogP contribution is 2.38. The Kier molecular flexibility index (Phi) is 7.14. The highest BCUT2D eigenvalue weighted by molar-refractivity contribution is 7.99. The molecule has 0 aliphatic heterocycles. The molecule has 4 aromatic rings. The van der Waals surface area contributed by atoms with Gasteiger partial charge >= 0.3 is 5.97 Å². The third-order valence-electron chi connectivity index (χ3n) is 5.46. The highest BCUT2D eigenvalue weighted by Gasteiger charge is 2.29. The van der Waals surface area contributed by atoms with Crippen molar-refractivity contribution in [2.75, 3.05) is 11.3 Å². The Hall–Kier alpha value is -3.31. The second kappa shape index (κ2) is 9.98. The first-order valence-electron chi connectivity index (χ1n) is 11.5. The van der Waals surface area contributed by atoms with Crippen molar-refractivity contribution in [2.45, 2.75) is 55.1 Å². The molecule has 0 fully saturated rings. The van der Waals surface area contributed by atoms with Crippen LogP contribution in [0.15, 0.2) is 64.4 Å². The second-order valence-corrected chi connectivity index (χ2v) is 12.4. The molecule has 0 radical (unpaired) electrons. The van der Waals surface area contributed by atoms with E-state index in [9.17, 15) is 13.2 Å². The molecule has 2 N–H and O–H groups in total. The quantitative estimate of drug-likeness (QED) is 0.314. The van der Waals surface area contributed by atoms with Crippen LogP contribution < -0.4 is 4.72 Å². The van der Waals surface area contributed by atoms with E-state index in [1.165, 1.54) is 6.92 Å². The van der Waals surface area contributed by atoms with Crippen molar-refractivity contribution in [2.24, 2.45) is 0 Å². The predicted molar refractivity (Wildman–Crippen MR) is 141 cm³/mol. The van der Waals surface area contributed by atoms with Gasteiger partial charge < -0.3 is 4.74 Å². The molecule has 0 saturated carbocycles. The number of rotatable bonds is 8. The van der Waals surface area contributed by atoms with Crippen LogP contribution in [0.4, 0.5) is 5.69 Å². The Morgan fingerprint density at radius 2 is 1.81 bits per heavy atom. The fourth-order valence-corrected chi connectivity index (χ4v) is 5.63. The molecule has 9 nitrogen and oxygen atoms in total. The maximum Gasteiger partial charge on any atom is 0.325 e. The zero-order chi connectivity index (χ0) is 26.1. The number of anilines is 1. The van der Waals surface area contributed by atoms with E-state index in [1.54, 1.807) is 47.6 Å². The third kappa shape index (κ3) is 5.41. The zero-order valence-electron chi connectivity index (χ0n) is 20.8. The van der Waals surface area contributed by atoms with Gasteiger partial charge in [-0.15, -0.1) is 5.10 Å². The molecule has 190 valence electrons. The first-order valence-corrected chi connectivity index (χ1v) is 13.9. The lowest BCUT2D eigenvalue weighted by Gasteiger charge is -2.18. The van der Waals surface area contributed by atoms with Crippen LogP contribution in [0.5, 0.6) is 0 Å². The predicted octanol–water partition coefficient (Wildman–Crippen LogP) is 4.87. The van der Waals surface area contributed by atoms with Crippen molar-refractivity contribution in [3.63, 3.8) is 0 Å². The van der Waals surface area contributed by atoms with Gasteiger partial charge in [0.1, 0.15) is 0 Å². The van der Waals surface area contributed by atoms with Gasteiger partial charge in [-0.05, 0) is 50.2 Å². The molecule has 0 aliphatic rings. The molecule has 0 saturated heterocycles. The lowest BCUT2D eigenvalue weighted by atomic mass is 9.92. The summed E-state index contributed by atoms with van der Waals surface area (Å²) in [7, 11) is -3.95. The van der Waals surface area contributed by atoms with Gasteiger partial charge in [0, 0.05) is 21.6 Å². The molecule has 2 aromatic carbocycles. The summed E-state index contributed by atoms with van der Waals surface area (Å²) in [5.41, 5.74) is 2.67. The summed E-state index contributed by atoms with van der Waals surface area (Å²) in [6, 6.07) is 16.8. The van der Waals surface area contributed by atoms with Crippen LogP contribution in [0.1, 0.15) is 40.3 Å². The molecule has 1 unspecified atom stereocenters. The van der Waals surface area contributed by atoms with Crippen molar-refractivity contribution in [1.82, 2.24) is 19.8 Å². The van der Waals surface area contributed by atoms with Crippen LogP contribution >= 0.6 is 11.8 Å². The molecule has 0 spiro atoms. The van der Waals surface area contributed by atoms with Gasteiger partial charge in [-0.3, -0.25) is 14.6 Å². The molecule has 36 heavy (non-hydrogen) atoms. The SMILES string of the molecule is CCOC(=O)C(C)S(=O)(=O)Nc1ccc(-c2nc3c(Sc4ccccc4)c(C(C)(C)C)[nH]n3n2)cc1. The topological polar surface area (TPSA) is 118 Å². The fourth-order valence-electron chi connectivity index (χ4n) is 3.47. The molecule has 11 heteroatoms. The minimum atomic E-state index is -3.95. The summed E-state index contributed by atoms with van der Waals surface area (Å²) < 4.78 is 33.9. The summed E-state index contributed by atoms with van der Waals surface area (Å²) in [5.74, 6) is -0.288. The average Bonchev–Trinajstić information content (AvgIpc) is 3.39. The van der Waals surface area contributed by atoms with Gasteiger partial charge in [0.15, 0.2) is 16.7 Å². The lowest BCUT2D eigenvalue weighted by Crippen LogP contribution is -2.33. The largest absolute Gasteiger partial charge is 0.465 e. The summed E-state index contributed by atoms with van der Waals surface area (Å²) in [5, 5.41) is 6.68. The average molecular weight is 528 g/mol. The van der Waals surface area contributed by atoms with Crippen molar-refractivity contribution in [3.8, 4) is 11.4 Å². The van der Waals surface area contributed by atoms with Gasteiger partial charge in [-0.25, -0.2) is 13.4 Å². The van der Waals surface area contributed by atoms with E-state index in [-0.39, 0.29) is 12.0 Å². The third-order valence-corrected chi connectivity index (χ3v) is 8.20. The Bertz CT molecular complexity index is 1470. The number of benzene rings is 2. The van der Waals surface area contributed by atoms with E-state index in [0.717, 1.165) is 26.7 Å². The van der Waals surface area contributed by atoms with Crippen LogP contribution in [-0.4, -0.2) is 46.1 Å². The molecule has 1 atom stereocenters.